The third-order valence-electron chi connectivity index (χ3n) is 7.26. The van der Waals surface area contributed by atoms with Gasteiger partial charge in [0.05, 0.1) is 6.10 Å². The van der Waals surface area contributed by atoms with E-state index in [-0.39, 0.29) is 12.1 Å². The maximum Gasteiger partial charge on any atom is 0.311 e. The van der Waals surface area contributed by atoms with Crippen LogP contribution in [0.3, 0.4) is 0 Å². The summed E-state index contributed by atoms with van der Waals surface area (Å²) in [6, 6.07) is 8.11. The molecule has 1 atom stereocenters. The van der Waals surface area contributed by atoms with Gasteiger partial charge in [0.25, 0.3) is 0 Å². The Labute approximate surface area is 223 Å². The fraction of sp³-hybridized carbons (Fsp3) is 0.788. The number of rotatable bonds is 25. The van der Waals surface area contributed by atoms with E-state index in [2.05, 4.69) is 19.9 Å². The van der Waals surface area contributed by atoms with Crippen molar-refractivity contribution in [3.05, 3.63) is 29.8 Å². The lowest BCUT2D eigenvalue weighted by atomic mass is 10.0. The van der Waals surface area contributed by atoms with E-state index in [0.29, 0.717) is 12.2 Å². The van der Waals surface area contributed by atoms with Crippen molar-refractivity contribution in [3.63, 3.8) is 0 Å². The highest BCUT2D eigenvalue weighted by molar-refractivity contribution is 5.72. The Morgan fingerprint density at radius 3 is 1.86 bits per heavy atom. The van der Waals surface area contributed by atoms with Crippen molar-refractivity contribution in [2.75, 3.05) is 0 Å². The molecule has 208 valence electrons. The molecule has 0 radical (unpaired) electrons. The van der Waals surface area contributed by atoms with Gasteiger partial charge in [0, 0.05) is 6.42 Å². The molecule has 1 unspecified atom stereocenters. The van der Waals surface area contributed by atoms with Crippen LogP contribution in [-0.2, 0) is 11.2 Å². The second-order valence-corrected chi connectivity index (χ2v) is 10.9. The van der Waals surface area contributed by atoms with Gasteiger partial charge in [-0.2, -0.15) is 0 Å². The Morgan fingerprint density at radius 1 is 0.694 bits per heavy atom. The molecule has 1 rings (SSSR count). The van der Waals surface area contributed by atoms with Crippen LogP contribution >= 0.6 is 0 Å². The van der Waals surface area contributed by atoms with E-state index in [1.54, 1.807) is 0 Å². The van der Waals surface area contributed by atoms with Crippen LogP contribution in [-0.4, -0.2) is 17.2 Å². The van der Waals surface area contributed by atoms with Crippen molar-refractivity contribution in [3.8, 4) is 5.75 Å². The first-order valence-corrected chi connectivity index (χ1v) is 15.6. The predicted molar refractivity (Wildman–Crippen MR) is 155 cm³/mol. The van der Waals surface area contributed by atoms with E-state index in [1.807, 2.05) is 18.2 Å². The number of ether oxygens (including phenoxy) is 1. The number of carbonyl (C=O) groups excluding carboxylic acids is 1. The van der Waals surface area contributed by atoms with Crippen LogP contribution in [0.2, 0.25) is 0 Å². The zero-order valence-corrected chi connectivity index (χ0v) is 23.9. The highest BCUT2D eigenvalue weighted by Crippen LogP contribution is 2.18. The zero-order valence-electron chi connectivity index (χ0n) is 23.9. The molecule has 0 saturated carbocycles. The largest absolute Gasteiger partial charge is 0.427 e. The fourth-order valence-electron chi connectivity index (χ4n) is 4.88. The molecule has 0 spiro atoms. The molecule has 1 aromatic carbocycles. The number of hydrogen-bond acceptors (Lipinski definition) is 3. The molecule has 0 aliphatic heterocycles. The molecule has 36 heavy (non-hydrogen) atoms. The SMILES string of the molecule is CCCCCCCCCc1cccc(OC(=O)CCCCCCCCCCCCC(O)CCCC)c1. The molecule has 1 aromatic rings. The van der Waals surface area contributed by atoms with Gasteiger partial charge in [0.15, 0.2) is 0 Å². The number of benzene rings is 1. The summed E-state index contributed by atoms with van der Waals surface area (Å²) in [4.78, 5) is 12.2. The van der Waals surface area contributed by atoms with Gasteiger partial charge in [-0.3, -0.25) is 4.79 Å². The van der Waals surface area contributed by atoms with E-state index in [0.717, 1.165) is 38.5 Å². The monoisotopic (exact) mass is 502 g/mol. The van der Waals surface area contributed by atoms with Crippen molar-refractivity contribution in [1.82, 2.24) is 0 Å². The Hall–Kier alpha value is -1.35. The number of aliphatic hydroxyl groups excluding tert-OH is 1. The Morgan fingerprint density at radius 2 is 1.22 bits per heavy atom. The van der Waals surface area contributed by atoms with Crippen molar-refractivity contribution in [2.45, 2.75) is 168 Å². The van der Waals surface area contributed by atoms with E-state index in [4.69, 9.17) is 4.74 Å². The van der Waals surface area contributed by atoms with Crippen molar-refractivity contribution in [1.29, 1.82) is 0 Å². The fourth-order valence-corrected chi connectivity index (χ4v) is 4.88. The third-order valence-corrected chi connectivity index (χ3v) is 7.26. The lowest BCUT2D eigenvalue weighted by Crippen LogP contribution is -2.07. The molecule has 1 N–H and O–H groups in total. The van der Waals surface area contributed by atoms with Gasteiger partial charge in [-0.1, -0.05) is 135 Å². The lowest BCUT2D eigenvalue weighted by molar-refractivity contribution is -0.134. The first kappa shape index (κ1) is 32.7. The molecule has 0 heterocycles. The summed E-state index contributed by atoms with van der Waals surface area (Å²) in [5, 5.41) is 9.88. The van der Waals surface area contributed by atoms with Crippen LogP contribution in [0.4, 0.5) is 0 Å². The van der Waals surface area contributed by atoms with Gasteiger partial charge < -0.3 is 9.84 Å². The second kappa shape index (κ2) is 24.0. The lowest BCUT2D eigenvalue weighted by Gasteiger charge is -2.09. The Balaban J connectivity index is 1.96. The molecule has 0 aliphatic carbocycles. The molecule has 0 aliphatic rings. The summed E-state index contributed by atoms with van der Waals surface area (Å²) in [6.45, 7) is 4.44. The number of aliphatic hydroxyl groups is 1. The van der Waals surface area contributed by atoms with Crippen LogP contribution in [0.25, 0.3) is 0 Å². The van der Waals surface area contributed by atoms with E-state index in [1.165, 1.54) is 108 Å². The van der Waals surface area contributed by atoms with Gasteiger partial charge >= 0.3 is 5.97 Å². The highest BCUT2D eigenvalue weighted by Gasteiger charge is 2.06. The summed E-state index contributed by atoms with van der Waals surface area (Å²) in [5.74, 6) is 0.610. The normalized spacial score (nSPS) is 12.1. The number of esters is 1. The predicted octanol–water partition coefficient (Wildman–Crippen LogP) is 10.1. The molecule has 0 bridgehead atoms. The van der Waals surface area contributed by atoms with Crippen LogP contribution in [0.15, 0.2) is 24.3 Å². The minimum atomic E-state index is -0.0945. The molecule has 3 heteroatoms. The topological polar surface area (TPSA) is 46.5 Å². The summed E-state index contributed by atoms with van der Waals surface area (Å²) >= 11 is 0. The standard InChI is InChI=1S/C33H58O3/c1-3-5-7-8-13-16-19-23-30-24-22-27-32(29-30)36-33(35)28-21-18-15-12-10-9-11-14-17-20-26-31(34)25-6-4-2/h22,24,27,29,31,34H,3-21,23,25-26,28H2,1-2H3. The van der Waals surface area contributed by atoms with Crippen molar-refractivity contribution in [2.24, 2.45) is 0 Å². The average Bonchev–Trinajstić information content (AvgIpc) is 2.87. The van der Waals surface area contributed by atoms with Crippen molar-refractivity contribution >= 4 is 5.97 Å². The van der Waals surface area contributed by atoms with E-state index >= 15 is 0 Å². The first-order chi connectivity index (χ1) is 17.7. The smallest absolute Gasteiger partial charge is 0.311 e. The molecule has 0 saturated heterocycles. The van der Waals surface area contributed by atoms with Crippen LogP contribution in [0.1, 0.15) is 161 Å². The molecule has 3 nitrogen and oxygen atoms in total. The van der Waals surface area contributed by atoms with Gasteiger partial charge in [-0.05, 0) is 49.8 Å². The maximum absolute atomic E-state index is 12.2. The Bertz CT molecular complexity index is 627. The highest BCUT2D eigenvalue weighted by atomic mass is 16.5. The first-order valence-electron chi connectivity index (χ1n) is 15.6. The number of unbranched alkanes of at least 4 members (excludes halogenated alkanes) is 16. The van der Waals surface area contributed by atoms with Gasteiger partial charge in [0.1, 0.15) is 5.75 Å². The quantitative estimate of drug-likeness (QED) is 0.0821. The average molecular weight is 503 g/mol. The zero-order chi connectivity index (χ0) is 26.1. The van der Waals surface area contributed by atoms with Gasteiger partial charge in [-0.15, -0.1) is 0 Å². The summed E-state index contributed by atoms with van der Waals surface area (Å²) < 4.78 is 5.60. The molecule has 0 fully saturated rings. The molecule has 0 amide bonds. The minimum absolute atomic E-state index is 0.0767. The van der Waals surface area contributed by atoms with Gasteiger partial charge in [0.2, 0.25) is 0 Å². The summed E-state index contributed by atoms with van der Waals surface area (Å²) in [7, 11) is 0. The second-order valence-electron chi connectivity index (χ2n) is 10.9. The third kappa shape index (κ3) is 19.8. The number of hydrogen-bond donors (Lipinski definition) is 1. The van der Waals surface area contributed by atoms with Crippen LogP contribution in [0, 0.1) is 0 Å². The van der Waals surface area contributed by atoms with Crippen LogP contribution in [0.5, 0.6) is 5.75 Å². The number of carbonyl (C=O) groups is 1. The van der Waals surface area contributed by atoms with Gasteiger partial charge in [-0.25, -0.2) is 0 Å². The summed E-state index contributed by atoms with van der Waals surface area (Å²) in [5.41, 5.74) is 1.28. The minimum Gasteiger partial charge on any atom is -0.427 e. The Kier molecular flexibility index (Phi) is 21.8. The number of aryl methyl sites for hydroxylation is 1. The molecular weight excluding hydrogens is 444 g/mol. The summed E-state index contributed by atoms with van der Waals surface area (Å²) in [6.07, 6.45) is 27.2. The molecule has 0 aromatic heterocycles. The van der Waals surface area contributed by atoms with E-state index in [9.17, 15) is 9.90 Å². The van der Waals surface area contributed by atoms with Crippen molar-refractivity contribution < 1.29 is 14.6 Å². The van der Waals surface area contributed by atoms with E-state index < -0.39 is 0 Å². The van der Waals surface area contributed by atoms with Crippen LogP contribution < -0.4 is 4.74 Å². The maximum atomic E-state index is 12.2. The molecular formula is C33H58O3.